The van der Waals surface area contributed by atoms with Crippen molar-refractivity contribution >= 4 is 5.97 Å². The van der Waals surface area contributed by atoms with Gasteiger partial charge in [0.05, 0.1) is 12.1 Å². The molecule has 1 aromatic heterocycles. The van der Waals surface area contributed by atoms with E-state index >= 15 is 0 Å². The Balaban J connectivity index is 1.64. The van der Waals surface area contributed by atoms with Gasteiger partial charge in [-0.1, -0.05) is 42.5 Å². The molecule has 0 fully saturated rings. The molecule has 1 heterocycles. The van der Waals surface area contributed by atoms with Gasteiger partial charge in [0.2, 0.25) is 0 Å². The molecule has 0 aliphatic rings. The molecule has 0 radical (unpaired) electrons. The molecule has 0 spiro atoms. The van der Waals surface area contributed by atoms with Crippen LogP contribution in [0, 0.1) is 0 Å². The Morgan fingerprint density at radius 3 is 2.57 bits per heavy atom. The summed E-state index contributed by atoms with van der Waals surface area (Å²) in [6, 6.07) is 20.7. The minimum atomic E-state index is -0.942. The summed E-state index contributed by atoms with van der Waals surface area (Å²) in [5, 5.41) is 12.4. The predicted molar refractivity (Wildman–Crippen MR) is 88.1 cm³/mol. The Bertz CT molecular complexity index is 793. The highest BCUT2D eigenvalue weighted by Gasteiger charge is 2.08. The maximum absolute atomic E-state index is 11.0. The third-order valence-corrected chi connectivity index (χ3v) is 3.53. The summed E-state index contributed by atoms with van der Waals surface area (Å²) < 4.78 is 5.79. The average Bonchev–Trinajstić information content (AvgIpc) is 3.05. The van der Waals surface area contributed by atoms with E-state index in [-0.39, 0.29) is 5.56 Å². The SMILES string of the molecule is O=C(O)c1cccc(-c2ccc(CNCc3ccccc3)o2)c1. The molecule has 0 saturated heterocycles. The van der Waals surface area contributed by atoms with Crippen LogP contribution in [0.25, 0.3) is 11.3 Å². The number of furan rings is 1. The summed E-state index contributed by atoms with van der Waals surface area (Å²) in [5.74, 6) is 0.546. The summed E-state index contributed by atoms with van der Waals surface area (Å²) in [5.41, 5.74) is 2.23. The van der Waals surface area contributed by atoms with Gasteiger partial charge in [-0.25, -0.2) is 4.79 Å². The predicted octanol–water partition coefficient (Wildman–Crippen LogP) is 3.93. The van der Waals surface area contributed by atoms with E-state index in [1.54, 1.807) is 18.2 Å². The Hall–Kier alpha value is -2.85. The number of carboxylic acids is 1. The summed E-state index contributed by atoms with van der Waals surface area (Å²) in [4.78, 5) is 11.0. The lowest BCUT2D eigenvalue weighted by Gasteiger charge is -2.03. The van der Waals surface area contributed by atoms with E-state index in [1.807, 2.05) is 36.4 Å². The van der Waals surface area contributed by atoms with Crippen molar-refractivity contribution in [1.29, 1.82) is 0 Å². The molecule has 116 valence electrons. The van der Waals surface area contributed by atoms with Crippen molar-refractivity contribution in [2.45, 2.75) is 13.1 Å². The average molecular weight is 307 g/mol. The summed E-state index contributed by atoms with van der Waals surface area (Å²) in [7, 11) is 0. The van der Waals surface area contributed by atoms with Gasteiger partial charge in [-0.2, -0.15) is 0 Å². The molecule has 2 aromatic carbocycles. The first kappa shape index (κ1) is 15.1. The van der Waals surface area contributed by atoms with Gasteiger partial charge in [-0.05, 0) is 29.8 Å². The first-order chi connectivity index (χ1) is 11.2. The quantitative estimate of drug-likeness (QED) is 0.724. The molecule has 0 aliphatic heterocycles. The fourth-order valence-electron chi connectivity index (χ4n) is 2.36. The van der Waals surface area contributed by atoms with Crippen LogP contribution in [0.3, 0.4) is 0 Å². The van der Waals surface area contributed by atoms with Gasteiger partial charge in [0.25, 0.3) is 0 Å². The van der Waals surface area contributed by atoms with Crippen molar-refractivity contribution in [3.63, 3.8) is 0 Å². The third kappa shape index (κ3) is 3.87. The zero-order valence-corrected chi connectivity index (χ0v) is 12.5. The maximum Gasteiger partial charge on any atom is 0.335 e. The second-order valence-corrected chi connectivity index (χ2v) is 5.24. The second kappa shape index (κ2) is 6.94. The highest BCUT2D eigenvalue weighted by atomic mass is 16.4. The van der Waals surface area contributed by atoms with Crippen molar-refractivity contribution in [1.82, 2.24) is 5.32 Å². The van der Waals surface area contributed by atoms with Crippen molar-refractivity contribution < 1.29 is 14.3 Å². The van der Waals surface area contributed by atoms with E-state index < -0.39 is 5.97 Å². The number of nitrogens with one attached hydrogen (secondary N) is 1. The van der Waals surface area contributed by atoms with Crippen molar-refractivity contribution in [3.05, 3.63) is 83.6 Å². The van der Waals surface area contributed by atoms with Gasteiger partial charge in [-0.3, -0.25) is 0 Å². The van der Waals surface area contributed by atoms with Crippen LogP contribution in [-0.4, -0.2) is 11.1 Å². The summed E-state index contributed by atoms with van der Waals surface area (Å²) in [6.07, 6.45) is 0. The fraction of sp³-hybridized carbons (Fsp3) is 0.105. The van der Waals surface area contributed by atoms with Crippen LogP contribution in [0.1, 0.15) is 21.7 Å². The lowest BCUT2D eigenvalue weighted by atomic mass is 10.1. The Kier molecular flexibility index (Phi) is 4.54. The van der Waals surface area contributed by atoms with E-state index in [2.05, 4.69) is 17.4 Å². The lowest BCUT2D eigenvalue weighted by Crippen LogP contribution is -2.11. The van der Waals surface area contributed by atoms with Crippen molar-refractivity contribution in [2.24, 2.45) is 0 Å². The van der Waals surface area contributed by atoms with Gasteiger partial charge >= 0.3 is 5.97 Å². The largest absolute Gasteiger partial charge is 0.478 e. The molecule has 0 atom stereocenters. The number of benzene rings is 2. The van der Waals surface area contributed by atoms with Crippen LogP contribution in [-0.2, 0) is 13.1 Å². The Morgan fingerprint density at radius 2 is 1.78 bits per heavy atom. The van der Waals surface area contributed by atoms with Gasteiger partial charge in [0.15, 0.2) is 0 Å². The molecule has 4 heteroatoms. The molecular weight excluding hydrogens is 290 g/mol. The molecule has 23 heavy (non-hydrogen) atoms. The molecule has 0 saturated carbocycles. The van der Waals surface area contributed by atoms with E-state index in [9.17, 15) is 4.79 Å². The molecule has 0 bridgehead atoms. The minimum Gasteiger partial charge on any atom is -0.478 e. The standard InChI is InChI=1S/C19H17NO3/c21-19(22)16-8-4-7-15(11-16)18-10-9-17(23-18)13-20-12-14-5-2-1-3-6-14/h1-11,20H,12-13H2,(H,21,22). The van der Waals surface area contributed by atoms with E-state index in [0.29, 0.717) is 12.3 Å². The Morgan fingerprint density at radius 1 is 0.957 bits per heavy atom. The zero-order chi connectivity index (χ0) is 16.1. The number of rotatable bonds is 6. The lowest BCUT2D eigenvalue weighted by molar-refractivity contribution is 0.0697. The second-order valence-electron chi connectivity index (χ2n) is 5.24. The number of carbonyl (C=O) groups is 1. The van der Waals surface area contributed by atoms with E-state index in [1.165, 1.54) is 5.56 Å². The van der Waals surface area contributed by atoms with Crippen LogP contribution < -0.4 is 5.32 Å². The first-order valence-corrected chi connectivity index (χ1v) is 7.39. The van der Waals surface area contributed by atoms with E-state index in [4.69, 9.17) is 9.52 Å². The molecular formula is C19H17NO3. The molecule has 3 rings (SSSR count). The van der Waals surface area contributed by atoms with E-state index in [0.717, 1.165) is 17.9 Å². The summed E-state index contributed by atoms with van der Waals surface area (Å²) >= 11 is 0. The fourth-order valence-corrected chi connectivity index (χ4v) is 2.36. The van der Waals surface area contributed by atoms with Gasteiger partial charge < -0.3 is 14.8 Å². The van der Waals surface area contributed by atoms with Crippen LogP contribution >= 0.6 is 0 Å². The first-order valence-electron chi connectivity index (χ1n) is 7.39. The number of hydrogen-bond acceptors (Lipinski definition) is 3. The topological polar surface area (TPSA) is 62.5 Å². The molecule has 0 unspecified atom stereocenters. The normalized spacial score (nSPS) is 10.6. The number of carboxylic acid groups (broad SMARTS) is 1. The molecule has 0 amide bonds. The maximum atomic E-state index is 11.0. The highest BCUT2D eigenvalue weighted by molar-refractivity contribution is 5.89. The summed E-state index contributed by atoms with van der Waals surface area (Å²) in [6.45, 7) is 1.39. The van der Waals surface area contributed by atoms with Crippen molar-refractivity contribution in [2.75, 3.05) is 0 Å². The van der Waals surface area contributed by atoms with Gasteiger partial charge in [0.1, 0.15) is 11.5 Å². The van der Waals surface area contributed by atoms with Crippen LogP contribution in [0.5, 0.6) is 0 Å². The third-order valence-electron chi connectivity index (χ3n) is 3.53. The zero-order valence-electron chi connectivity index (χ0n) is 12.5. The number of aromatic carboxylic acids is 1. The van der Waals surface area contributed by atoms with Crippen LogP contribution in [0.4, 0.5) is 0 Å². The van der Waals surface area contributed by atoms with Gasteiger partial charge in [0, 0.05) is 12.1 Å². The molecule has 2 N–H and O–H groups in total. The Labute approximate surface area is 134 Å². The molecule has 3 aromatic rings. The smallest absolute Gasteiger partial charge is 0.335 e. The van der Waals surface area contributed by atoms with Gasteiger partial charge in [-0.15, -0.1) is 0 Å². The van der Waals surface area contributed by atoms with Crippen LogP contribution in [0.15, 0.2) is 71.1 Å². The monoisotopic (exact) mass is 307 g/mol. The van der Waals surface area contributed by atoms with Crippen molar-refractivity contribution in [3.8, 4) is 11.3 Å². The minimum absolute atomic E-state index is 0.252. The number of hydrogen-bond donors (Lipinski definition) is 2. The van der Waals surface area contributed by atoms with Crippen LogP contribution in [0.2, 0.25) is 0 Å². The molecule has 4 nitrogen and oxygen atoms in total. The molecule has 0 aliphatic carbocycles. The highest BCUT2D eigenvalue weighted by Crippen LogP contribution is 2.23.